The Kier molecular flexibility index (Phi) is 8.48. The number of hydrogen-bond donors (Lipinski definition) is 3. The van der Waals surface area contributed by atoms with Crippen LogP contribution in [0.3, 0.4) is 0 Å². The van der Waals surface area contributed by atoms with Crippen LogP contribution in [0.2, 0.25) is 0 Å². The SMILES string of the molecule is CC[C@H](C)[C@H](NC(=O)c1ccccc1)C(=O)Nc1cccc(S(=O)(=O)Nc2ccc(OC)cc2)c1. The lowest BCUT2D eigenvalue weighted by molar-refractivity contribution is -0.119. The van der Waals surface area contributed by atoms with Crippen LogP contribution in [0.15, 0.2) is 83.8 Å². The van der Waals surface area contributed by atoms with E-state index in [2.05, 4.69) is 15.4 Å². The van der Waals surface area contributed by atoms with Gasteiger partial charge in [0.2, 0.25) is 5.91 Å². The first-order valence-electron chi connectivity index (χ1n) is 11.2. The Morgan fingerprint density at radius 2 is 1.60 bits per heavy atom. The minimum Gasteiger partial charge on any atom is -0.497 e. The van der Waals surface area contributed by atoms with Crippen LogP contribution >= 0.6 is 0 Å². The minimum atomic E-state index is -3.90. The van der Waals surface area contributed by atoms with Crippen molar-refractivity contribution in [2.75, 3.05) is 17.1 Å². The van der Waals surface area contributed by atoms with Crippen LogP contribution in [0.5, 0.6) is 5.75 Å². The summed E-state index contributed by atoms with van der Waals surface area (Å²) in [6.45, 7) is 3.80. The van der Waals surface area contributed by atoms with Gasteiger partial charge in [0.25, 0.3) is 15.9 Å². The van der Waals surface area contributed by atoms with Gasteiger partial charge in [-0.3, -0.25) is 14.3 Å². The van der Waals surface area contributed by atoms with Crippen molar-refractivity contribution in [1.29, 1.82) is 0 Å². The number of anilines is 2. The fraction of sp³-hybridized carbons (Fsp3) is 0.231. The highest BCUT2D eigenvalue weighted by Crippen LogP contribution is 2.22. The number of ether oxygens (including phenoxy) is 1. The molecule has 0 saturated heterocycles. The van der Waals surface area contributed by atoms with Crippen molar-refractivity contribution < 1.29 is 22.7 Å². The lowest BCUT2D eigenvalue weighted by Gasteiger charge is -2.23. The van der Waals surface area contributed by atoms with Crippen molar-refractivity contribution in [1.82, 2.24) is 5.32 Å². The molecule has 0 aromatic heterocycles. The number of rotatable bonds is 10. The summed E-state index contributed by atoms with van der Waals surface area (Å²) in [4.78, 5) is 25.7. The van der Waals surface area contributed by atoms with Gasteiger partial charge in [-0.05, 0) is 60.5 Å². The molecule has 9 heteroatoms. The van der Waals surface area contributed by atoms with Crippen LogP contribution in [0, 0.1) is 5.92 Å². The number of methoxy groups -OCH3 is 1. The summed E-state index contributed by atoms with van der Waals surface area (Å²) in [7, 11) is -2.37. The van der Waals surface area contributed by atoms with E-state index in [4.69, 9.17) is 4.74 Å². The third-order valence-electron chi connectivity index (χ3n) is 5.57. The number of amides is 2. The van der Waals surface area contributed by atoms with Gasteiger partial charge in [-0.25, -0.2) is 8.42 Å². The van der Waals surface area contributed by atoms with Gasteiger partial charge in [0.15, 0.2) is 0 Å². The second-order valence-electron chi connectivity index (χ2n) is 8.05. The smallest absolute Gasteiger partial charge is 0.261 e. The summed E-state index contributed by atoms with van der Waals surface area (Å²) >= 11 is 0. The second kappa shape index (κ2) is 11.5. The summed E-state index contributed by atoms with van der Waals surface area (Å²) in [5.41, 5.74) is 1.13. The van der Waals surface area contributed by atoms with E-state index in [1.54, 1.807) is 66.7 Å². The molecule has 0 aliphatic rings. The average molecular weight is 496 g/mol. The molecule has 0 radical (unpaired) electrons. The van der Waals surface area contributed by atoms with Crippen LogP contribution in [0.4, 0.5) is 11.4 Å². The normalized spacial score (nSPS) is 12.8. The van der Waals surface area contributed by atoms with E-state index in [0.29, 0.717) is 29.1 Å². The van der Waals surface area contributed by atoms with Crippen molar-refractivity contribution in [2.45, 2.75) is 31.2 Å². The zero-order chi connectivity index (χ0) is 25.4. The van der Waals surface area contributed by atoms with Crippen molar-refractivity contribution in [3.8, 4) is 5.75 Å². The molecule has 0 spiro atoms. The van der Waals surface area contributed by atoms with E-state index in [1.807, 2.05) is 13.8 Å². The van der Waals surface area contributed by atoms with Crippen LogP contribution < -0.4 is 20.1 Å². The number of hydrogen-bond acceptors (Lipinski definition) is 5. The van der Waals surface area contributed by atoms with E-state index in [9.17, 15) is 18.0 Å². The van der Waals surface area contributed by atoms with Crippen molar-refractivity contribution in [3.63, 3.8) is 0 Å². The Balaban J connectivity index is 1.75. The van der Waals surface area contributed by atoms with Crippen LogP contribution in [0.25, 0.3) is 0 Å². The Morgan fingerprint density at radius 1 is 0.914 bits per heavy atom. The van der Waals surface area contributed by atoms with Gasteiger partial charge < -0.3 is 15.4 Å². The van der Waals surface area contributed by atoms with Gasteiger partial charge in [-0.2, -0.15) is 0 Å². The first-order valence-corrected chi connectivity index (χ1v) is 12.7. The molecule has 2 atom stereocenters. The summed E-state index contributed by atoms with van der Waals surface area (Å²) in [6.07, 6.45) is 0.660. The van der Waals surface area contributed by atoms with E-state index in [1.165, 1.54) is 19.2 Å². The molecule has 3 N–H and O–H groups in total. The maximum absolute atomic E-state index is 13.1. The molecule has 0 aliphatic heterocycles. The van der Waals surface area contributed by atoms with Gasteiger partial charge in [-0.1, -0.05) is 44.5 Å². The predicted octanol–water partition coefficient (Wildman–Crippen LogP) is 4.28. The number of sulfonamides is 1. The monoisotopic (exact) mass is 495 g/mol. The molecule has 3 aromatic rings. The van der Waals surface area contributed by atoms with Crippen molar-refractivity contribution in [2.24, 2.45) is 5.92 Å². The lowest BCUT2D eigenvalue weighted by Crippen LogP contribution is -2.47. The topological polar surface area (TPSA) is 114 Å². The molecule has 0 bridgehead atoms. The van der Waals surface area contributed by atoms with Gasteiger partial charge in [-0.15, -0.1) is 0 Å². The molecule has 8 nitrogen and oxygen atoms in total. The van der Waals surface area contributed by atoms with E-state index >= 15 is 0 Å². The minimum absolute atomic E-state index is 0.0143. The van der Waals surface area contributed by atoms with Crippen LogP contribution in [-0.2, 0) is 14.8 Å². The quantitative estimate of drug-likeness (QED) is 0.389. The summed E-state index contributed by atoms with van der Waals surface area (Å²) in [5.74, 6) is -0.327. The number of carbonyl (C=O) groups excluding carboxylic acids is 2. The molecular weight excluding hydrogens is 466 g/mol. The van der Waals surface area contributed by atoms with E-state index in [0.717, 1.165) is 0 Å². The predicted molar refractivity (Wildman–Crippen MR) is 136 cm³/mol. The molecule has 0 saturated carbocycles. The molecule has 0 unspecified atom stereocenters. The molecular formula is C26H29N3O5S. The molecule has 2 amide bonds. The fourth-order valence-electron chi connectivity index (χ4n) is 3.35. The zero-order valence-electron chi connectivity index (χ0n) is 19.8. The van der Waals surface area contributed by atoms with Gasteiger partial charge in [0.1, 0.15) is 11.8 Å². The van der Waals surface area contributed by atoms with Crippen molar-refractivity contribution in [3.05, 3.63) is 84.4 Å². The van der Waals surface area contributed by atoms with Crippen LogP contribution in [0.1, 0.15) is 30.6 Å². The molecule has 0 aliphatic carbocycles. The average Bonchev–Trinajstić information content (AvgIpc) is 2.87. The largest absolute Gasteiger partial charge is 0.497 e. The van der Waals surface area contributed by atoms with Crippen molar-refractivity contribution >= 4 is 33.2 Å². The summed E-state index contributed by atoms with van der Waals surface area (Å²) < 4.78 is 33.3. The molecule has 0 heterocycles. The highest BCUT2D eigenvalue weighted by Gasteiger charge is 2.27. The van der Waals surface area contributed by atoms with E-state index in [-0.39, 0.29) is 16.7 Å². The third-order valence-corrected chi connectivity index (χ3v) is 6.95. The molecule has 3 aromatic carbocycles. The Morgan fingerprint density at radius 3 is 2.23 bits per heavy atom. The van der Waals surface area contributed by atoms with Gasteiger partial charge in [0.05, 0.1) is 12.0 Å². The van der Waals surface area contributed by atoms with Gasteiger partial charge >= 0.3 is 0 Å². The lowest BCUT2D eigenvalue weighted by atomic mass is 9.97. The Bertz CT molecular complexity index is 1260. The molecule has 0 fully saturated rings. The zero-order valence-corrected chi connectivity index (χ0v) is 20.6. The first-order chi connectivity index (χ1) is 16.7. The highest BCUT2D eigenvalue weighted by molar-refractivity contribution is 7.92. The second-order valence-corrected chi connectivity index (χ2v) is 9.74. The third kappa shape index (κ3) is 6.83. The maximum atomic E-state index is 13.1. The Hall–Kier alpha value is -3.85. The maximum Gasteiger partial charge on any atom is 0.261 e. The highest BCUT2D eigenvalue weighted by atomic mass is 32.2. The summed E-state index contributed by atoms with van der Waals surface area (Å²) in [5, 5.41) is 5.54. The number of benzene rings is 3. The van der Waals surface area contributed by atoms with Crippen LogP contribution in [-0.4, -0.2) is 33.4 Å². The number of carbonyl (C=O) groups is 2. The van der Waals surface area contributed by atoms with Gasteiger partial charge in [0, 0.05) is 16.9 Å². The van der Waals surface area contributed by atoms with E-state index < -0.39 is 22.0 Å². The Labute approximate surface area is 205 Å². The molecule has 35 heavy (non-hydrogen) atoms. The molecule has 3 rings (SSSR count). The standard InChI is InChI=1S/C26H29N3O5S/c1-4-18(2)24(28-25(30)19-9-6-5-7-10-19)26(31)27-21-11-8-12-23(17-21)35(32,33)29-20-13-15-22(34-3)16-14-20/h5-18,24,29H,4H2,1-3H3,(H,27,31)(H,28,30)/t18-,24-/m0/s1. The fourth-order valence-corrected chi connectivity index (χ4v) is 4.45. The number of nitrogens with one attached hydrogen (secondary N) is 3. The first kappa shape index (κ1) is 25.8. The summed E-state index contributed by atoms with van der Waals surface area (Å²) in [6, 6.07) is 20.3. The molecule has 184 valence electrons.